The summed E-state index contributed by atoms with van der Waals surface area (Å²) in [6.45, 7) is 3.85. The van der Waals surface area contributed by atoms with Crippen LogP contribution in [0.25, 0.3) is 38.9 Å². The third-order valence-electron chi connectivity index (χ3n) is 5.11. The molecule has 0 aliphatic rings. The van der Waals surface area contributed by atoms with Crippen LogP contribution in [0.15, 0.2) is 48.9 Å². The monoisotopic (exact) mass is 358 g/mol. The average Bonchev–Trinajstić information content (AvgIpc) is 3.34. The van der Waals surface area contributed by atoms with E-state index in [9.17, 15) is 10.2 Å². The lowest BCUT2D eigenvalue weighted by molar-refractivity contribution is 0.386. The molecule has 0 unspecified atom stereocenters. The molecule has 0 saturated heterocycles. The highest BCUT2D eigenvalue weighted by Gasteiger charge is 2.24. The Balaban J connectivity index is 1.83. The summed E-state index contributed by atoms with van der Waals surface area (Å²) >= 11 is 0. The van der Waals surface area contributed by atoms with E-state index in [1.165, 1.54) is 5.56 Å². The first kappa shape index (κ1) is 15.6. The smallest absolute Gasteiger partial charge is 0.240 e. The molecule has 2 aromatic carbocycles. The molecule has 0 fully saturated rings. The summed E-state index contributed by atoms with van der Waals surface area (Å²) < 4.78 is 1.67. The van der Waals surface area contributed by atoms with Gasteiger partial charge in [0.15, 0.2) is 5.75 Å². The SMILES string of the molecule is Cc1ccc2c(-c3c(C)c(O)c(O)n3-c3ccc4nc[nH]c4c3)c[nH]c2c1. The Morgan fingerprint density at radius 3 is 2.67 bits per heavy atom. The van der Waals surface area contributed by atoms with E-state index in [2.05, 4.69) is 33.2 Å². The van der Waals surface area contributed by atoms with Crippen molar-refractivity contribution in [3.63, 3.8) is 0 Å². The van der Waals surface area contributed by atoms with Gasteiger partial charge in [0.05, 0.1) is 28.7 Å². The maximum atomic E-state index is 10.7. The summed E-state index contributed by atoms with van der Waals surface area (Å²) in [5.41, 5.74) is 6.91. The van der Waals surface area contributed by atoms with Crippen LogP contribution in [0.1, 0.15) is 11.1 Å². The van der Waals surface area contributed by atoms with Crippen molar-refractivity contribution in [2.45, 2.75) is 13.8 Å². The van der Waals surface area contributed by atoms with Crippen molar-refractivity contribution >= 4 is 21.9 Å². The quantitative estimate of drug-likeness (QED) is 0.374. The number of imidazole rings is 1. The summed E-state index contributed by atoms with van der Waals surface area (Å²) in [7, 11) is 0. The minimum absolute atomic E-state index is 0.115. The molecule has 0 aliphatic heterocycles. The van der Waals surface area contributed by atoms with Crippen LogP contribution >= 0.6 is 0 Å². The minimum Gasteiger partial charge on any atom is -0.503 e. The van der Waals surface area contributed by atoms with Crippen molar-refractivity contribution in [3.8, 4) is 28.6 Å². The summed E-state index contributed by atoms with van der Waals surface area (Å²) in [5, 5.41) is 22.2. The standard InChI is InChI=1S/C21H18N4O2/c1-11-3-5-14-15(9-22-17(14)7-11)19-12(2)20(26)21(27)25(19)13-4-6-16-18(8-13)24-10-23-16/h3-10,22,26-27H,1-2H3,(H,23,24). The molecule has 27 heavy (non-hydrogen) atoms. The van der Waals surface area contributed by atoms with Gasteiger partial charge in [-0.2, -0.15) is 0 Å². The normalized spacial score (nSPS) is 11.6. The molecule has 6 heteroatoms. The molecule has 3 aromatic heterocycles. The van der Waals surface area contributed by atoms with Crippen LogP contribution in [0.2, 0.25) is 0 Å². The van der Waals surface area contributed by atoms with Gasteiger partial charge in [-0.25, -0.2) is 4.98 Å². The first-order valence-electron chi connectivity index (χ1n) is 8.69. The van der Waals surface area contributed by atoms with E-state index in [0.717, 1.165) is 38.9 Å². The fraction of sp³-hybridized carbons (Fsp3) is 0.0952. The zero-order valence-corrected chi connectivity index (χ0v) is 14.9. The zero-order valence-electron chi connectivity index (χ0n) is 14.9. The van der Waals surface area contributed by atoms with Crippen molar-refractivity contribution in [1.29, 1.82) is 0 Å². The lowest BCUT2D eigenvalue weighted by Crippen LogP contribution is -1.97. The molecular formula is C21H18N4O2. The van der Waals surface area contributed by atoms with Crippen LogP contribution < -0.4 is 0 Å². The Bertz CT molecular complexity index is 1320. The largest absolute Gasteiger partial charge is 0.503 e. The van der Waals surface area contributed by atoms with Crippen LogP contribution in [0.3, 0.4) is 0 Å². The zero-order chi connectivity index (χ0) is 18.7. The van der Waals surface area contributed by atoms with Crippen LogP contribution in [-0.2, 0) is 0 Å². The minimum atomic E-state index is -0.178. The van der Waals surface area contributed by atoms with Crippen LogP contribution in [0.4, 0.5) is 0 Å². The lowest BCUT2D eigenvalue weighted by atomic mass is 10.1. The number of nitrogens with zero attached hydrogens (tertiary/aromatic N) is 2. The van der Waals surface area contributed by atoms with Gasteiger partial charge in [-0.05, 0) is 43.7 Å². The number of nitrogens with one attached hydrogen (secondary N) is 2. The number of aromatic hydroxyl groups is 2. The Morgan fingerprint density at radius 2 is 1.81 bits per heavy atom. The molecule has 3 heterocycles. The van der Waals surface area contributed by atoms with E-state index < -0.39 is 0 Å². The summed E-state index contributed by atoms with van der Waals surface area (Å²) in [6.07, 6.45) is 3.55. The fourth-order valence-corrected chi connectivity index (χ4v) is 3.73. The second kappa shape index (κ2) is 5.41. The molecule has 134 valence electrons. The van der Waals surface area contributed by atoms with E-state index in [-0.39, 0.29) is 11.6 Å². The Kier molecular flexibility index (Phi) is 3.12. The molecule has 0 spiro atoms. The molecule has 5 aromatic rings. The number of rotatable bonds is 2. The van der Waals surface area contributed by atoms with Gasteiger partial charge in [-0.1, -0.05) is 12.1 Å². The first-order chi connectivity index (χ1) is 13.0. The van der Waals surface area contributed by atoms with Gasteiger partial charge in [0, 0.05) is 28.2 Å². The summed E-state index contributed by atoms with van der Waals surface area (Å²) in [4.78, 5) is 10.6. The van der Waals surface area contributed by atoms with E-state index in [1.54, 1.807) is 10.9 Å². The van der Waals surface area contributed by atoms with Gasteiger partial charge in [0.25, 0.3) is 0 Å². The number of aromatic nitrogens is 4. The highest BCUT2D eigenvalue weighted by atomic mass is 16.3. The predicted molar refractivity (Wildman–Crippen MR) is 106 cm³/mol. The van der Waals surface area contributed by atoms with E-state index >= 15 is 0 Å². The summed E-state index contributed by atoms with van der Waals surface area (Å²) in [6, 6.07) is 11.9. The molecular weight excluding hydrogens is 340 g/mol. The van der Waals surface area contributed by atoms with Crippen molar-refractivity contribution < 1.29 is 10.2 Å². The van der Waals surface area contributed by atoms with E-state index in [1.807, 2.05) is 38.2 Å². The van der Waals surface area contributed by atoms with Gasteiger partial charge in [0.1, 0.15) is 0 Å². The number of hydrogen-bond donors (Lipinski definition) is 4. The average molecular weight is 358 g/mol. The lowest BCUT2D eigenvalue weighted by Gasteiger charge is -2.11. The fourth-order valence-electron chi connectivity index (χ4n) is 3.73. The topological polar surface area (TPSA) is 89.9 Å². The predicted octanol–water partition coefficient (Wildman–Crippen LogP) is 4.53. The molecule has 0 amide bonds. The van der Waals surface area contributed by atoms with Gasteiger partial charge in [0.2, 0.25) is 5.88 Å². The summed E-state index contributed by atoms with van der Waals surface area (Å²) in [5.74, 6) is -0.293. The van der Waals surface area contributed by atoms with Crippen molar-refractivity contribution in [1.82, 2.24) is 19.5 Å². The van der Waals surface area contributed by atoms with Gasteiger partial charge < -0.3 is 20.2 Å². The highest BCUT2D eigenvalue weighted by Crippen LogP contribution is 2.44. The molecule has 5 rings (SSSR count). The number of fused-ring (bicyclic) bond motifs is 2. The molecule has 6 nitrogen and oxygen atoms in total. The van der Waals surface area contributed by atoms with Gasteiger partial charge in [-0.15, -0.1) is 0 Å². The number of benzene rings is 2. The van der Waals surface area contributed by atoms with Crippen LogP contribution in [0, 0.1) is 13.8 Å². The maximum Gasteiger partial charge on any atom is 0.240 e. The molecule has 0 atom stereocenters. The Morgan fingerprint density at radius 1 is 0.963 bits per heavy atom. The highest BCUT2D eigenvalue weighted by molar-refractivity contribution is 5.97. The molecule has 4 N–H and O–H groups in total. The second-order valence-electron chi connectivity index (χ2n) is 6.84. The van der Waals surface area contributed by atoms with Crippen molar-refractivity contribution in [3.05, 3.63) is 60.0 Å². The molecule has 0 radical (unpaired) electrons. The number of aryl methyl sites for hydroxylation is 1. The van der Waals surface area contributed by atoms with Crippen LogP contribution in [0.5, 0.6) is 11.6 Å². The Labute approximate surface area is 154 Å². The maximum absolute atomic E-state index is 10.7. The molecule has 0 bridgehead atoms. The van der Waals surface area contributed by atoms with E-state index in [0.29, 0.717) is 5.56 Å². The first-order valence-corrected chi connectivity index (χ1v) is 8.69. The second-order valence-corrected chi connectivity index (χ2v) is 6.84. The molecule has 0 saturated carbocycles. The van der Waals surface area contributed by atoms with E-state index in [4.69, 9.17) is 0 Å². The van der Waals surface area contributed by atoms with Crippen molar-refractivity contribution in [2.75, 3.05) is 0 Å². The third-order valence-corrected chi connectivity index (χ3v) is 5.11. The number of aromatic amines is 2. The van der Waals surface area contributed by atoms with Crippen molar-refractivity contribution in [2.24, 2.45) is 0 Å². The number of H-pyrrole nitrogens is 2. The number of hydrogen-bond acceptors (Lipinski definition) is 3. The third kappa shape index (κ3) is 2.16. The van der Waals surface area contributed by atoms with Gasteiger partial charge in [-0.3, -0.25) is 4.57 Å². The molecule has 0 aliphatic carbocycles. The van der Waals surface area contributed by atoms with Crippen LogP contribution in [-0.4, -0.2) is 29.7 Å². The Hall–Kier alpha value is -3.67. The van der Waals surface area contributed by atoms with Gasteiger partial charge >= 0.3 is 0 Å².